The Labute approximate surface area is 159 Å². The minimum Gasteiger partial charge on any atom is -0.462 e. The summed E-state index contributed by atoms with van der Waals surface area (Å²) >= 11 is 7.29. The van der Waals surface area contributed by atoms with Gasteiger partial charge in [0.2, 0.25) is 0 Å². The van der Waals surface area contributed by atoms with Crippen LogP contribution in [0.25, 0.3) is 0 Å². The first-order chi connectivity index (χ1) is 12.6. The monoisotopic (exact) mass is 392 g/mol. The average Bonchev–Trinajstić information content (AvgIpc) is 3.00. The van der Waals surface area contributed by atoms with Gasteiger partial charge < -0.3 is 15.3 Å². The van der Waals surface area contributed by atoms with Crippen molar-refractivity contribution in [3.63, 3.8) is 0 Å². The van der Waals surface area contributed by atoms with Gasteiger partial charge in [0.05, 0.1) is 33.3 Å². The first kappa shape index (κ1) is 18.4. The van der Waals surface area contributed by atoms with Gasteiger partial charge in [0, 0.05) is 0 Å². The summed E-state index contributed by atoms with van der Waals surface area (Å²) in [6.45, 7) is 1.95. The van der Waals surface area contributed by atoms with E-state index in [-0.39, 0.29) is 6.61 Å². The molecule has 1 aromatic heterocycles. The maximum Gasteiger partial charge on any atom is 0.341 e. The minimum atomic E-state index is -0.501. The predicted octanol–water partition coefficient (Wildman–Crippen LogP) is 4.35. The van der Waals surface area contributed by atoms with Gasteiger partial charge in [-0.15, -0.1) is 11.3 Å². The summed E-state index contributed by atoms with van der Waals surface area (Å²) < 4.78 is 5.16. The number of thiophene rings is 1. The maximum atomic E-state index is 12.6. The minimum absolute atomic E-state index is 0.225. The number of esters is 1. The predicted molar refractivity (Wildman–Crippen MR) is 101 cm³/mol. The van der Waals surface area contributed by atoms with E-state index in [1.807, 2.05) is 0 Å². The Morgan fingerprint density at radius 2 is 2.12 bits per heavy atom. The van der Waals surface area contributed by atoms with Crippen LogP contribution in [0, 0.1) is 0 Å². The van der Waals surface area contributed by atoms with Crippen molar-refractivity contribution in [2.75, 3.05) is 11.9 Å². The second-order valence-electron chi connectivity index (χ2n) is 5.67. The van der Waals surface area contributed by atoms with Crippen LogP contribution in [0.15, 0.2) is 29.4 Å². The molecule has 0 aliphatic heterocycles. The first-order valence-corrected chi connectivity index (χ1v) is 9.36. The molecule has 1 heterocycles. The van der Waals surface area contributed by atoms with E-state index in [1.54, 1.807) is 31.2 Å². The summed E-state index contributed by atoms with van der Waals surface area (Å²) in [5, 5.41) is 16.1. The third kappa shape index (κ3) is 3.45. The van der Waals surface area contributed by atoms with E-state index in [4.69, 9.17) is 16.3 Å². The molecule has 1 amide bonds. The maximum absolute atomic E-state index is 12.6. The fraction of sp³-hybridized carbons (Fsp3) is 0.278. The molecule has 1 aliphatic rings. The van der Waals surface area contributed by atoms with Crippen molar-refractivity contribution in [1.82, 2.24) is 0 Å². The molecule has 0 spiro atoms. The van der Waals surface area contributed by atoms with E-state index in [1.165, 1.54) is 11.3 Å². The van der Waals surface area contributed by atoms with Crippen molar-refractivity contribution >= 4 is 45.5 Å². The standard InChI is InChI=1S/C18H17ClN2O4S/c1-2-25-18(23)14-11-7-5-9-13(21-24)15(11)26-17(14)20-16(22)10-6-3-4-8-12(10)19/h3-4,6,8,24H,2,5,7,9H2,1H3,(H,20,22)/b21-13-. The van der Waals surface area contributed by atoms with Crippen molar-refractivity contribution in [2.24, 2.45) is 5.16 Å². The van der Waals surface area contributed by atoms with Gasteiger partial charge in [0.15, 0.2) is 0 Å². The normalized spacial score (nSPS) is 14.8. The highest BCUT2D eigenvalue weighted by molar-refractivity contribution is 7.19. The molecule has 1 aromatic carbocycles. The van der Waals surface area contributed by atoms with Crippen LogP contribution in [-0.2, 0) is 11.2 Å². The molecule has 0 unspecified atom stereocenters. The van der Waals surface area contributed by atoms with Crippen LogP contribution in [0.1, 0.15) is 50.9 Å². The SMILES string of the molecule is CCOC(=O)c1c(NC(=O)c2ccccc2Cl)sc2c1CCC/C2=N/O. The number of nitrogens with one attached hydrogen (secondary N) is 1. The van der Waals surface area contributed by atoms with Gasteiger partial charge in [-0.2, -0.15) is 0 Å². The molecule has 8 heteroatoms. The van der Waals surface area contributed by atoms with Gasteiger partial charge >= 0.3 is 5.97 Å². The molecule has 2 N–H and O–H groups in total. The molecule has 3 rings (SSSR count). The molecule has 0 saturated heterocycles. The summed E-state index contributed by atoms with van der Waals surface area (Å²) in [5.74, 6) is -0.916. The third-order valence-electron chi connectivity index (χ3n) is 4.06. The molecule has 0 atom stereocenters. The lowest BCUT2D eigenvalue weighted by Gasteiger charge is -2.13. The number of halogens is 1. The van der Waals surface area contributed by atoms with Gasteiger partial charge in [-0.05, 0) is 43.9 Å². The number of hydrogen-bond acceptors (Lipinski definition) is 6. The van der Waals surface area contributed by atoms with Crippen LogP contribution in [0.3, 0.4) is 0 Å². The van der Waals surface area contributed by atoms with Crippen LogP contribution in [0.2, 0.25) is 5.02 Å². The number of hydrogen-bond donors (Lipinski definition) is 2. The van der Waals surface area contributed by atoms with Gasteiger partial charge in [0.1, 0.15) is 5.00 Å². The lowest BCUT2D eigenvalue weighted by atomic mass is 9.94. The Bertz CT molecular complexity index is 891. The van der Waals surface area contributed by atoms with Crippen LogP contribution in [0.5, 0.6) is 0 Å². The highest BCUT2D eigenvalue weighted by atomic mass is 35.5. The second kappa shape index (κ2) is 7.88. The van der Waals surface area contributed by atoms with Gasteiger partial charge in [0.25, 0.3) is 5.91 Å². The Balaban J connectivity index is 2.03. The van der Waals surface area contributed by atoms with Crippen LogP contribution < -0.4 is 5.32 Å². The Morgan fingerprint density at radius 3 is 2.81 bits per heavy atom. The van der Waals surface area contributed by atoms with E-state index in [2.05, 4.69) is 10.5 Å². The number of rotatable bonds is 4. The number of carbonyl (C=O) groups is 2. The number of amides is 1. The molecule has 26 heavy (non-hydrogen) atoms. The molecular formula is C18H17ClN2O4S. The number of anilines is 1. The smallest absolute Gasteiger partial charge is 0.341 e. The fourth-order valence-corrected chi connectivity index (χ4v) is 4.37. The Hall–Kier alpha value is -2.38. The van der Waals surface area contributed by atoms with Crippen LogP contribution >= 0.6 is 22.9 Å². The van der Waals surface area contributed by atoms with E-state index < -0.39 is 11.9 Å². The lowest BCUT2D eigenvalue weighted by molar-refractivity contribution is 0.0527. The first-order valence-electron chi connectivity index (χ1n) is 8.16. The van der Waals surface area contributed by atoms with Crippen LogP contribution in [0.4, 0.5) is 5.00 Å². The number of carbonyl (C=O) groups excluding carboxylic acids is 2. The average molecular weight is 393 g/mol. The number of nitrogens with zero attached hydrogens (tertiary/aromatic N) is 1. The molecule has 6 nitrogen and oxygen atoms in total. The molecule has 0 radical (unpaired) electrons. The van der Waals surface area contributed by atoms with E-state index in [0.717, 1.165) is 12.0 Å². The summed E-state index contributed by atoms with van der Waals surface area (Å²) in [5.41, 5.74) is 1.90. The zero-order chi connectivity index (χ0) is 18.7. The number of ether oxygens (including phenoxy) is 1. The van der Waals surface area contributed by atoms with Crippen molar-refractivity contribution in [2.45, 2.75) is 26.2 Å². The lowest BCUT2D eigenvalue weighted by Crippen LogP contribution is -2.16. The van der Waals surface area contributed by atoms with Crippen molar-refractivity contribution in [3.8, 4) is 0 Å². The number of fused-ring (bicyclic) bond motifs is 1. The molecule has 2 aromatic rings. The van der Waals surface area contributed by atoms with Gasteiger partial charge in [-0.1, -0.05) is 28.9 Å². The van der Waals surface area contributed by atoms with Crippen molar-refractivity contribution < 1.29 is 19.5 Å². The molecule has 1 aliphatic carbocycles. The topological polar surface area (TPSA) is 88.0 Å². The third-order valence-corrected chi connectivity index (χ3v) is 5.58. The number of oxime groups is 1. The van der Waals surface area contributed by atoms with Gasteiger partial charge in [-0.3, -0.25) is 4.79 Å². The summed E-state index contributed by atoms with van der Waals surface area (Å²) in [6, 6.07) is 6.68. The highest BCUT2D eigenvalue weighted by Crippen LogP contribution is 2.39. The van der Waals surface area contributed by atoms with Crippen molar-refractivity contribution in [3.05, 3.63) is 50.9 Å². The zero-order valence-corrected chi connectivity index (χ0v) is 15.6. The van der Waals surface area contributed by atoms with E-state index in [9.17, 15) is 14.8 Å². The van der Waals surface area contributed by atoms with E-state index in [0.29, 0.717) is 44.6 Å². The summed E-state index contributed by atoms with van der Waals surface area (Å²) in [4.78, 5) is 25.8. The summed E-state index contributed by atoms with van der Waals surface area (Å²) in [7, 11) is 0. The van der Waals surface area contributed by atoms with E-state index >= 15 is 0 Å². The Kier molecular flexibility index (Phi) is 5.58. The van der Waals surface area contributed by atoms with Gasteiger partial charge in [-0.25, -0.2) is 4.79 Å². The zero-order valence-electron chi connectivity index (χ0n) is 14.0. The highest BCUT2D eigenvalue weighted by Gasteiger charge is 2.30. The Morgan fingerprint density at radius 1 is 1.35 bits per heavy atom. The van der Waals surface area contributed by atoms with Crippen LogP contribution in [-0.4, -0.2) is 29.4 Å². The molecule has 0 fully saturated rings. The quantitative estimate of drug-likeness (QED) is 0.460. The molecule has 136 valence electrons. The molecule has 0 bridgehead atoms. The molecule has 0 saturated carbocycles. The second-order valence-corrected chi connectivity index (χ2v) is 7.10. The fourth-order valence-electron chi connectivity index (χ4n) is 2.90. The number of benzene rings is 1. The summed E-state index contributed by atoms with van der Waals surface area (Å²) in [6.07, 6.45) is 2.03. The van der Waals surface area contributed by atoms with Crippen molar-refractivity contribution in [1.29, 1.82) is 0 Å². The largest absolute Gasteiger partial charge is 0.462 e. The molecular weight excluding hydrogens is 376 g/mol.